The molecule has 3 aromatic rings. The molecule has 0 spiro atoms. The molecule has 0 atom stereocenters. The molecule has 3 rings (SSSR count). The van der Waals surface area contributed by atoms with E-state index in [2.05, 4.69) is 15.3 Å². The normalized spacial score (nSPS) is 10.6. The highest BCUT2D eigenvalue weighted by Crippen LogP contribution is 2.24. The maximum atomic E-state index is 12.3. The number of carbonyl (C=O) groups excluding carboxylic acids is 1. The molecule has 6 nitrogen and oxygen atoms in total. The van der Waals surface area contributed by atoms with E-state index in [1.165, 1.54) is 0 Å². The Hall–Kier alpha value is -3.28. The summed E-state index contributed by atoms with van der Waals surface area (Å²) in [7, 11) is 0. The second kappa shape index (κ2) is 9.28. The summed E-state index contributed by atoms with van der Waals surface area (Å²) in [4.78, 5) is 27.6. The van der Waals surface area contributed by atoms with Gasteiger partial charge in [-0.3, -0.25) is 9.78 Å². The Bertz CT molecular complexity index is 967. The Morgan fingerprint density at radius 1 is 1.03 bits per heavy atom. The Morgan fingerprint density at radius 2 is 1.76 bits per heavy atom. The van der Waals surface area contributed by atoms with E-state index in [0.29, 0.717) is 12.2 Å². The van der Waals surface area contributed by atoms with Crippen LogP contribution in [0.5, 0.6) is 0 Å². The minimum absolute atomic E-state index is 0.152. The maximum absolute atomic E-state index is 12.3. The number of anilines is 2. The first-order valence-electron chi connectivity index (χ1n) is 9.91. The minimum atomic E-state index is 0.152. The lowest BCUT2D eigenvalue weighted by Gasteiger charge is -2.18. The molecule has 0 saturated carbocycles. The van der Waals surface area contributed by atoms with Crippen molar-refractivity contribution in [1.29, 1.82) is 0 Å². The van der Waals surface area contributed by atoms with Gasteiger partial charge in [-0.05, 0) is 57.5 Å². The lowest BCUT2D eigenvalue weighted by atomic mass is 10.1. The number of carbonyl (C=O) groups is 1. The van der Waals surface area contributed by atoms with Gasteiger partial charge in [0.05, 0.1) is 6.42 Å². The topological polar surface area (TPSA) is 71.0 Å². The predicted molar refractivity (Wildman–Crippen MR) is 116 cm³/mol. The molecule has 0 aliphatic heterocycles. The molecule has 0 fully saturated rings. The van der Waals surface area contributed by atoms with Crippen molar-refractivity contribution in [2.45, 2.75) is 34.1 Å². The van der Waals surface area contributed by atoms with Gasteiger partial charge in [0, 0.05) is 48.0 Å². The number of likely N-dealkylation sites (N-methyl/N-ethyl adjacent to an activating group) is 1. The van der Waals surface area contributed by atoms with Gasteiger partial charge in [0.15, 0.2) is 5.82 Å². The molecule has 0 bridgehead atoms. The molecule has 1 N–H and O–H groups in total. The van der Waals surface area contributed by atoms with Crippen LogP contribution in [-0.4, -0.2) is 38.8 Å². The average molecular weight is 390 g/mol. The van der Waals surface area contributed by atoms with Crippen molar-refractivity contribution >= 4 is 17.4 Å². The average Bonchev–Trinajstić information content (AvgIpc) is 2.74. The highest BCUT2D eigenvalue weighted by molar-refractivity contribution is 5.79. The maximum Gasteiger partial charge on any atom is 0.226 e. The summed E-state index contributed by atoms with van der Waals surface area (Å²) in [5.74, 6) is 1.56. The molecular weight excluding hydrogens is 362 g/mol. The molecule has 1 aromatic carbocycles. The van der Waals surface area contributed by atoms with Crippen LogP contribution in [0.15, 0.2) is 48.8 Å². The van der Waals surface area contributed by atoms with Gasteiger partial charge in [0.1, 0.15) is 5.82 Å². The SMILES string of the molecule is CCN(CC)C(=O)Cc1ccc(Nc2nc(-c3cccnc3)nc(C)c2C)cc1. The monoisotopic (exact) mass is 389 g/mol. The number of nitrogens with one attached hydrogen (secondary N) is 1. The molecule has 2 heterocycles. The number of benzene rings is 1. The second-order valence-electron chi connectivity index (χ2n) is 6.91. The molecule has 150 valence electrons. The highest BCUT2D eigenvalue weighted by Gasteiger charge is 2.12. The van der Waals surface area contributed by atoms with Gasteiger partial charge in [0.25, 0.3) is 0 Å². The first kappa shape index (κ1) is 20.5. The highest BCUT2D eigenvalue weighted by atomic mass is 16.2. The van der Waals surface area contributed by atoms with Gasteiger partial charge >= 0.3 is 0 Å². The van der Waals surface area contributed by atoms with Crippen molar-refractivity contribution in [3.63, 3.8) is 0 Å². The fraction of sp³-hybridized carbons (Fsp3) is 0.304. The Morgan fingerprint density at radius 3 is 2.38 bits per heavy atom. The number of hydrogen-bond acceptors (Lipinski definition) is 5. The zero-order chi connectivity index (χ0) is 20.8. The molecular formula is C23H27N5O. The largest absolute Gasteiger partial charge is 0.343 e. The molecule has 0 saturated heterocycles. The van der Waals surface area contributed by atoms with E-state index in [-0.39, 0.29) is 5.91 Å². The minimum Gasteiger partial charge on any atom is -0.343 e. The lowest BCUT2D eigenvalue weighted by Crippen LogP contribution is -2.31. The van der Waals surface area contributed by atoms with Crippen molar-refractivity contribution in [3.05, 3.63) is 65.6 Å². The lowest BCUT2D eigenvalue weighted by molar-refractivity contribution is -0.130. The van der Waals surface area contributed by atoms with Gasteiger partial charge in [-0.15, -0.1) is 0 Å². The quantitative estimate of drug-likeness (QED) is 0.652. The van der Waals surface area contributed by atoms with Crippen LogP contribution in [0.4, 0.5) is 11.5 Å². The van der Waals surface area contributed by atoms with Crippen molar-refractivity contribution in [3.8, 4) is 11.4 Å². The summed E-state index contributed by atoms with van der Waals surface area (Å²) in [6, 6.07) is 11.7. The first-order valence-corrected chi connectivity index (χ1v) is 9.91. The van der Waals surface area contributed by atoms with Crippen LogP contribution in [0, 0.1) is 13.8 Å². The summed E-state index contributed by atoms with van der Waals surface area (Å²) in [5.41, 5.74) is 4.71. The van der Waals surface area contributed by atoms with Crippen LogP contribution in [0.3, 0.4) is 0 Å². The number of rotatable bonds is 7. The van der Waals surface area contributed by atoms with Crippen LogP contribution in [-0.2, 0) is 11.2 Å². The molecule has 0 radical (unpaired) electrons. The van der Waals surface area contributed by atoms with Crippen LogP contribution in [0.25, 0.3) is 11.4 Å². The molecule has 6 heteroatoms. The van der Waals surface area contributed by atoms with Gasteiger partial charge in [-0.1, -0.05) is 12.1 Å². The van der Waals surface area contributed by atoms with Gasteiger partial charge in [-0.2, -0.15) is 0 Å². The fourth-order valence-corrected chi connectivity index (χ4v) is 3.08. The standard InChI is InChI=1S/C23H27N5O/c1-5-28(6-2)21(29)14-18-9-11-20(12-10-18)26-22-16(3)17(4)25-23(27-22)19-8-7-13-24-15-19/h7-13,15H,5-6,14H2,1-4H3,(H,25,26,27). The molecule has 0 aliphatic rings. The molecule has 0 aliphatic carbocycles. The third-order valence-corrected chi connectivity index (χ3v) is 5.00. The summed E-state index contributed by atoms with van der Waals surface area (Å²) >= 11 is 0. The number of aromatic nitrogens is 3. The van der Waals surface area contributed by atoms with Crippen LogP contribution >= 0.6 is 0 Å². The van der Waals surface area contributed by atoms with Crippen LogP contribution < -0.4 is 5.32 Å². The number of hydrogen-bond donors (Lipinski definition) is 1. The summed E-state index contributed by atoms with van der Waals surface area (Å²) in [6.07, 6.45) is 3.91. The van der Waals surface area contributed by atoms with E-state index in [1.807, 2.05) is 69.0 Å². The summed E-state index contributed by atoms with van der Waals surface area (Å²) in [6.45, 7) is 9.45. The summed E-state index contributed by atoms with van der Waals surface area (Å²) < 4.78 is 0. The Kier molecular flexibility index (Phi) is 6.54. The van der Waals surface area contributed by atoms with E-state index in [0.717, 1.165) is 47.0 Å². The smallest absolute Gasteiger partial charge is 0.226 e. The van der Waals surface area contributed by atoms with Gasteiger partial charge in [-0.25, -0.2) is 9.97 Å². The van der Waals surface area contributed by atoms with E-state index in [4.69, 9.17) is 4.98 Å². The third kappa shape index (κ3) is 4.96. The van der Waals surface area contributed by atoms with E-state index < -0.39 is 0 Å². The van der Waals surface area contributed by atoms with Gasteiger partial charge in [0.2, 0.25) is 5.91 Å². The van der Waals surface area contributed by atoms with Crippen molar-refractivity contribution in [2.75, 3.05) is 18.4 Å². The zero-order valence-electron chi connectivity index (χ0n) is 17.4. The first-order chi connectivity index (χ1) is 14.0. The van der Waals surface area contributed by atoms with Crippen molar-refractivity contribution in [1.82, 2.24) is 19.9 Å². The third-order valence-electron chi connectivity index (χ3n) is 5.00. The number of amides is 1. The van der Waals surface area contributed by atoms with E-state index >= 15 is 0 Å². The second-order valence-corrected chi connectivity index (χ2v) is 6.91. The Balaban J connectivity index is 1.78. The van der Waals surface area contributed by atoms with E-state index in [1.54, 1.807) is 12.4 Å². The molecule has 1 amide bonds. The van der Waals surface area contributed by atoms with Crippen molar-refractivity contribution in [2.24, 2.45) is 0 Å². The molecule has 29 heavy (non-hydrogen) atoms. The fourth-order valence-electron chi connectivity index (χ4n) is 3.08. The molecule has 2 aromatic heterocycles. The van der Waals surface area contributed by atoms with E-state index in [9.17, 15) is 4.79 Å². The van der Waals surface area contributed by atoms with Crippen LogP contribution in [0.2, 0.25) is 0 Å². The van der Waals surface area contributed by atoms with Crippen LogP contribution in [0.1, 0.15) is 30.7 Å². The number of pyridine rings is 1. The zero-order valence-corrected chi connectivity index (χ0v) is 17.4. The number of aryl methyl sites for hydroxylation is 1. The Labute approximate surface area is 172 Å². The summed E-state index contributed by atoms with van der Waals surface area (Å²) in [5, 5.41) is 3.38. The molecule has 0 unspecified atom stereocenters. The predicted octanol–water partition coefficient (Wildman–Crippen LogP) is 4.31. The van der Waals surface area contributed by atoms with Gasteiger partial charge < -0.3 is 10.2 Å². The number of nitrogens with zero attached hydrogens (tertiary/aromatic N) is 4. The van der Waals surface area contributed by atoms with Crippen molar-refractivity contribution < 1.29 is 4.79 Å².